The number of H-pyrrole nitrogens is 1. The lowest BCUT2D eigenvalue weighted by atomic mass is 10.2. The largest absolute Gasteiger partial charge is 0.508 e. The van der Waals surface area contributed by atoms with Gasteiger partial charge in [0.1, 0.15) is 5.75 Å². The standard InChI is InChI=1S/C17H12N4O2S/c22-11-5-3-4-10(8-11)14-9-24-17(19-14)21-20-15-12-6-1-2-7-13(12)18-16(15)23/h1-9,18,22-23H. The van der Waals surface area contributed by atoms with Gasteiger partial charge in [0.05, 0.1) is 11.2 Å². The molecule has 0 aliphatic carbocycles. The van der Waals surface area contributed by atoms with Crippen molar-refractivity contribution >= 4 is 33.1 Å². The van der Waals surface area contributed by atoms with Gasteiger partial charge in [0, 0.05) is 16.3 Å². The summed E-state index contributed by atoms with van der Waals surface area (Å²) in [7, 11) is 0. The van der Waals surface area contributed by atoms with Crippen molar-refractivity contribution in [1.82, 2.24) is 9.97 Å². The Labute approximate surface area is 140 Å². The van der Waals surface area contributed by atoms with Crippen LogP contribution in [0.3, 0.4) is 0 Å². The fourth-order valence-electron chi connectivity index (χ4n) is 2.41. The Bertz CT molecular complexity index is 1050. The zero-order chi connectivity index (χ0) is 16.5. The van der Waals surface area contributed by atoms with Crippen molar-refractivity contribution in [3.05, 3.63) is 53.9 Å². The van der Waals surface area contributed by atoms with Gasteiger partial charge in [0.2, 0.25) is 11.0 Å². The van der Waals surface area contributed by atoms with E-state index in [4.69, 9.17) is 0 Å². The number of para-hydroxylation sites is 1. The van der Waals surface area contributed by atoms with E-state index in [1.165, 1.54) is 11.3 Å². The molecule has 6 nitrogen and oxygen atoms in total. The van der Waals surface area contributed by atoms with E-state index in [-0.39, 0.29) is 11.6 Å². The molecule has 0 amide bonds. The highest BCUT2D eigenvalue weighted by molar-refractivity contribution is 7.13. The van der Waals surface area contributed by atoms with E-state index in [9.17, 15) is 10.2 Å². The highest BCUT2D eigenvalue weighted by Crippen LogP contribution is 2.37. The summed E-state index contributed by atoms with van der Waals surface area (Å²) in [6, 6.07) is 14.3. The second-order valence-corrected chi connectivity index (χ2v) is 5.97. The number of nitrogens with one attached hydrogen (secondary N) is 1. The second-order valence-electron chi connectivity index (χ2n) is 5.13. The van der Waals surface area contributed by atoms with E-state index in [1.807, 2.05) is 35.7 Å². The molecule has 7 heteroatoms. The van der Waals surface area contributed by atoms with Crippen LogP contribution in [0.1, 0.15) is 0 Å². The highest BCUT2D eigenvalue weighted by Gasteiger charge is 2.10. The number of hydrogen-bond acceptors (Lipinski definition) is 6. The molecule has 0 aliphatic rings. The van der Waals surface area contributed by atoms with Crippen LogP contribution in [0.2, 0.25) is 0 Å². The Balaban J connectivity index is 1.66. The number of benzene rings is 2. The van der Waals surface area contributed by atoms with Gasteiger partial charge in [-0.2, -0.15) is 0 Å². The lowest BCUT2D eigenvalue weighted by molar-refractivity contribution is 0.459. The van der Waals surface area contributed by atoms with Crippen LogP contribution in [0.25, 0.3) is 22.2 Å². The summed E-state index contributed by atoms with van der Waals surface area (Å²) in [5.41, 5.74) is 2.71. The number of phenols is 1. The Morgan fingerprint density at radius 1 is 1.00 bits per heavy atom. The lowest BCUT2D eigenvalue weighted by Crippen LogP contribution is -1.75. The number of fused-ring (bicyclic) bond motifs is 1. The smallest absolute Gasteiger partial charge is 0.230 e. The minimum atomic E-state index is -0.0234. The molecule has 0 saturated heterocycles. The lowest BCUT2D eigenvalue weighted by Gasteiger charge is -1.96. The van der Waals surface area contributed by atoms with E-state index >= 15 is 0 Å². The van der Waals surface area contributed by atoms with Crippen molar-refractivity contribution in [3.63, 3.8) is 0 Å². The number of nitrogens with zero attached hydrogens (tertiary/aromatic N) is 3. The predicted octanol–water partition coefficient (Wildman–Crippen LogP) is 5.12. The molecule has 0 unspecified atom stereocenters. The second kappa shape index (κ2) is 5.78. The quantitative estimate of drug-likeness (QED) is 0.453. The number of thiazole rings is 1. The zero-order valence-corrected chi connectivity index (χ0v) is 13.2. The number of aromatic nitrogens is 2. The van der Waals surface area contributed by atoms with E-state index in [2.05, 4.69) is 20.2 Å². The normalized spacial score (nSPS) is 11.5. The van der Waals surface area contributed by atoms with Gasteiger partial charge < -0.3 is 15.2 Å². The van der Waals surface area contributed by atoms with E-state index in [0.717, 1.165) is 16.5 Å². The molecule has 0 spiro atoms. The van der Waals surface area contributed by atoms with Gasteiger partial charge in [-0.05, 0) is 18.2 Å². The van der Waals surface area contributed by atoms with E-state index in [1.54, 1.807) is 18.2 Å². The minimum Gasteiger partial charge on any atom is -0.508 e. The molecule has 4 aromatic rings. The number of hydrogen-bond donors (Lipinski definition) is 3. The molecule has 118 valence electrons. The Morgan fingerprint density at radius 3 is 2.75 bits per heavy atom. The van der Waals surface area contributed by atoms with Gasteiger partial charge in [0.25, 0.3) is 0 Å². The van der Waals surface area contributed by atoms with Crippen LogP contribution in [0.15, 0.2) is 64.1 Å². The molecule has 2 aromatic carbocycles. The van der Waals surface area contributed by atoms with Crippen LogP contribution >= 0.6 is 11.3 Å². The van der Waals surface area contributed by atoms with Crippen LogP contribution in [0, 0.1) is 0 Å². The number of azo groups is 1. The topological polar surface area (TPSA) is 93.9 Å². The van der Waals surface area contributed by atoms with Crippen molar-refractivity contribution < 1.29 is 10.2 Å². The van der Waals surface area contributed by atoms with Gasteiger partial charge in [-0.15, -0.1) is 21.6 Å². The molecule has 2 heterocycles. The van der Waals surface area contributed by atoms with Gasteiger partial charge >= 0.3 is 0 Å². The summed E-state index contributed by atoms with van der Waals surface area (Å²) in [4.78, 5) is 7.24. The number of aromatic hydroxyl groups is 2. The third kappa shape index (κ3) is 2.61. The fraction of sp³-hybridized carbons (Fsp3) is 0. The van der Waals surface area contributed by atoms with Gasteiger partial charge in [-0.3, -0.25) is 0 Å². The van der Waals surface area contributed by atoms with Crippen molar-refractivity contribution in [2.75, 3.05) is 0 Å². The van der Waals surface area contributed by atoms with Crippen molar-refractivity contribution in [3.8, 4) is 22.9 Å². The maximum absolute atomic E-state index is 9.97. The maximum atomic E-state index is 9.97. The molecular formula is C17H12N4O2S. The summed E-state index contributed by atoms with van der Waals surface area (Å²) < 4.78 is 0. The molecule has 4 rings (SSSR count). The Kier molecular flexibility index (Phi) is 3.47. The molecule has 3 N–H and O–H groups in total. The average Bonchev–Trinajstić information content (AvgIpc) is 3.17. The van der Waals surface area contributed by atoms with Crippen LogP contribution < -0.4 is 0 Å². The van der Waals surface area contributed by atoms with E-state index < -0.39 is 0 Å². The predicted molar refractivity (Wildman–Crippen MR) is 93.4 cm³/mol. The summed E-state index contributed by atoms with van der Waals surface area (Å²) in [6.07, 6.45) is 0. The van der Waals surface area contributed by atoms with Crippen LogP contribution in [-0.2, 0) is 0 Å². The first-order valence-corrected chi connectivity index (χ1v) is 8.05. The first kappa shape index (κ1) is 14.4. The molecular weight excluding hydrogens is 324 g/mol. The van der Waals surface area contributed by atoms with Crippen LogP contribution in [0.4, 0.5) is 10.8 Å². The molecule has 24 heavy (non-hydrogen) atoms. The van der Waals surface area contributed by atoms with Gasteiger partial charge in [-0.1, -0.05) is 30.3 Å². The monoisotopic (exact) mass is 336 g/mol. The first-order chi connectivity index (χ1) is 11.7. The zero-order valence-electron chi connectivity index (χ0n) is 12.3. The number of rotatable bonds is 3. The van der Waals surface area contributed by atoms with Crippen molar-refractivity contribution in [2.45, 2.75) is 0 Å². The van der Waals surface area contributed by atoms with Crippen molar-refractivity contribution in [1.29, 1.82) is 0 Å². The third-order valence-corrected chi connectivity index (χ3v) is 4.25. The molecule has 0 fully saturated rings. The molecule has 0 aliphatic heterocycles. The third-order valence-electron chi connectivity index (χ3n) is 3.53. The summed E-state index contributed by atoms with van der Waals surface area (Å²) >= 11 is 1.34. The summed E-state index contributed by atoms with van der Waals surface area (Å²) in [6.45, 7) is 0. The van der Waals surface area contributed by atoms with Gasteiger partial charge in [-0.25, -0.2) is 4.98 Å². The van der Waals surface area contributed by atoms with Crippen molar-refractivity contribution in [2.24, 2.45) is 10.2 Å². The average molecular weight is 336 g/mol. The highest BCUT2D eigenvalue weighted by atomic mass is 32.1. The van der Waals surface area contributed by atoms with Crippen LogP contribution in [-0.4, -0.2) is 20.2 Å². The summed E-state index contributed by atoms with van der Waals surface area (Å²) in [5.74, 6) is 0.164. The maximum Gasteiger partial charge on any atom is 0.230 e. The Morgan fingerprint density at radius 2 is 1.88 bits per heavy atom. The molecule has 2 aromatic heterocycles. The molecule has 0 bridgehead atoms. The molecule has 0 radical (unpaired) electrons. The fourth-order valence-corrected chi connectivity index (χ4v) is 3.06. The van der Waals surface area contributed by atoms with E-state index in [0.29, 0.717) is 16.5 Å². The summed E-state index contributed by atoms with van der Waals surface area (Å²) in [5, 5.41) is 30.9. The minimum absolute atomic E-state index is 0.0234. The SMILES string of the molecule is Oc1cccc(-c2csc(N=Nc3c(O)[nH]c4ccccc34)n2)c1. The Hall–Kier alpha value is -3.19. The number of phenolic OH excluding ortho intramolecular Hbond substituents is 1. The molecule has 0 atom stereocenters. The van der Waals surface area contributed by atoms with Gasteiger partial charge in [0.15, 0.2) is 5.69 Å². The first-order valence-electron chi connectivity index (χ1n) is 7.17. The number of aromatic amines is 1. The molecule has 0 saturated carbocycles. The van der Waals surface area contributed by atoms with Crippen LogP contribution in [0.5, 0.6) is 11.6 Å².